The van der Waals surface area contributed by atoms with Crippen molar-refractivity contribution in [3.63, 3.8) is 0 Å². The molecule has 8 heteroatoms. The quantitative estimate of drug-likeness (QED) is 0.149. The van der Waals surface area contributed by atoms with Crippen molar-refractivity contribution in [1.82, 2.24) is 4.90 Å². The molecule has 38 heavy (non-hydrogen) atoms. The number of carboxylic acid groups (broad SMARTS) is 1. The molecule has 0 radical (unpaired) electrons. The van der Waals surface area contributed by atoms with E-state index in [1.165, 1.54) is 0 Å². The molecule has 1 amide bonds. The molecule has 0 aliphatic heterocycles. The second-order valence-electron chi connectivity index (χ2n) is 9.16. The maximum atomic E-state index is 13.4. The molecule has 0 bridgehead atoms. The van der Waals surface area contributed by atoms with Crippen LogP contribution in [0, 0.1) is 0 Å². The van der Waals surface area contributed by atoms with Crippen LogP contribution in [-0.4, -0.2) is 40.7 Å². The zero-order valence-electron chi connectivity index (χ0n) is 21.6. The van der Waals surface area contributed by atoms with Crippen molar-refractivity contribution >= 4 is 29.6 Å². The van der Waals surface area contributed by atoms with Crippen LogP contribution in [0.15, 0.2) is 72.8 Å². The maximum Gasteiger partial charge on any atom is 0.513 e. The van der Waals surface area contributed by atoms with Gasteiger partial charge in [-0.25, -0.2) is 4.79 Å². The summed E-state index contributed by atoms with van der Waals surface area (Å²) in [4.78, 5) is 36.8. The van der Waals surface area contributed by atoms with E-state index in [1.807, 2.05) is 91.5 Å². The Morgan fingerprint density at radius 2 is 1.63 bits per heavy atom. The summed E-state index contributed by atoms with van der Waals surface area (Å²) in [6, 6.07) is 22.8. The molecule has 200 valence electrons. The molecule has 0 unspecified atom stereocenters. The Kier molecular flexibility index (Phi) is 10.7. The number of carbonyl (C=O) groups excluding carboxylic acids is 2. The van der Waals surface area contributed by atoms with Crippen LogP contribution in [0.1, 0.15) is 55.5 Å². The lowest BCUT2D eigenvalue weighted by atomic mass is 10.0. The third-order valence-corrected chi connectivity index (χ3v) is 6.16. The van der Waals surface area contributed by atoms with Crippen LogP contribution >= 0.6 is 11.6 Å². The topological polar surface area (TPSA) is 93.1 Å². The van der Waals surface area contributed by atoms with E-state index in [0.29, 0.717) is 48.7 Å². The number of nitrogens with zero attached hydrogens (tertiary/aromatic N) is 1. The highest BCUT2D eigenvalue weighted by Crippen LogP contribution is 2.24. The molecule has 0 spiro atoms. The van der Waals surface area contributed by atoms with Gasteiger partial charge in [-0.2, -0.15) is 0 Å². The zero-order chi connectivity index (χ0) is 27.5. The van der Waals surface area contributed by atoms with Gasteiger partial charge in [-0.05, 0) is 86.2 Å². The first-order valence-corrected chi connectivity index (χ1v) is 12.9. The lowest BCUT2D eigenvalue weighted by Crippen LogP contribution is -2.36. The zero-order valence-corrected chi connectivity index (χ0v) is 22.3. The van der Waals surface area contributed by atoms with Crippen molar-refractivity contribution in [1.29, 1.82) is 0 Å². The Morgan fingerprint density at radius 1 is 0.895 bits per heavy atom. The molecular formula is C30H32ClNO6. The summed E-state index contributed by atoms with van der Waals surface area (Å²) in [6.07, 6.45) is 0.431. The summed E-state index contributed by atoms with van der Waals surface area (Å²) in [5, 5.41) is 9.08. The predicted octanol–water partition coefficient (Wildman–Crippen LogP) is 7.22. The normalized spacial score (nSPS) is 10.7. The van der Waals surface area contributed by atoms with Gasteiger partial charge in [-0.1, -0.05) is 48.0 Å². The number of amides is 1. The van der Waals surface area contributed by atoms with Crippen LogP contribution in [-0.2, 0) is 16.1 Å². The minimum atomic E-state index is -1.58. The average Bonchev–Trinajstić information content (AvgIpc) is 2.88. The number of halogens is 1. The first-order chi connectivity index (χ1) is 18.2. The number of benzene rings is 3. The van der Waals surface area contributed by atoms with E-state index in [9.17, 15) is 14.4 Å². The smallest absolute Gasteiger partial charge is 0.494 e. The highest BCUT2D eigenvalue weighted by molar-refractivity contribution is 6.30. The summed E-state index contributed by atoms with van der Waals surface area (Å²) >= 11 is 6.11. The number of rotatable bonds is 12. The number of esters is 1. The van der Waals surface area contributed by atoms with E-state index in [1.54, 1.807) is 0 Å². The van der Waals surface area contributed by atoms with Crippen molar-refractivity contribution in [3.8, 4) is 16.9 Å². The van der Waals surface area contributed by atoms with Crippen LogP contribution in [0.25, 0.3) is 11.1 Å². The molecule has 1 N–H and O–H groups in total. The number of hydrogen-bond donors (Lipinski definition) is 1. The van der Waals surface area contributed by atoms with Gasteiger partial charge in [-0.15, -0.1) is 0 Å². The van der Waals surface area contributed by atoms with E-state index >= 15 is 0 Å². The molecule has 3 rings (SSSR count). The summed E-state index contributed by atoms with van der Waals surface area (Å²) in [7, 11) is 0. The van der Waals surface area contributed by atoms with E-state index in [2.05, 4.69) is 4.74 Å². The Labute approximate surface area is 227 Å². The Bertz CT molecular complexity index is 1240. The van der Waals surface area contributed by atoms with Gasteiger partial charge in [0.05, 0.1) is 6.61 Å². The molecule has 0 fully saturated rings. The van der Waals surface area contributed by atoms with Crippen LogP contribution < -0.4 is 4.74 Å². The van der Waals surface area contributed by atoms with Crippen molar-refractivity contribution in [3.05, 3.63) is 88.9 Å². The molecule has 0 aliphatic rings. The van der Waals surface area contributed by atoms with Gasteiger partial charge in [0.25, 0.3) is 5.91 Å². The standard InChI is InChI=1S/C30H32ClNO6/c1-21(2)32(29(34)24-15-13-23(14-16-24)25-9-7-10-26(31)19-25)20-22-8-6-11-27(18-22)37-17-5-3-4-12-28(33)38-30(35)36/h6-11,13-16,18-19,21H,3-5,12,17,20H2,1-2H3,(H,35,36). The third-order valence-electron chi connectivity index (χ3n) is 5.92. The number of ether oxygens (including phenoxy) is 2. The molecular weight excluding hydrogens is 506 g/mol. The fraction of sp³-hybridized carbons (Fsp3) is 0.300. The fourth-order valence-electron chi connectivity index (χ4n) is 3.94. The Morgan fingerprint density at radius 3 is 2.32 bits per heavy atom. The second kappa shape index (κ2) is 14.2. The summed E-state index contributed by atoms with van der Waals surface area (Å²) in [5.74, 6) is -0.0902. The number of hydrogen-bond acceptors (Lipinski definition) is 5. The first kappa shape index (κ1) is 28.7. The lowest BCUT2D eigenvalue weighted by Gasteiger charge is -2.27. The van der Waals surface area contributed by atoms with E-state index < -0.39 is 12.1 Å². The molecule has 0 heterocycles. The molecule has 0 atom stereocenters. The molecule has 0 saturated heterocycles. The monoisotopic (exact) mass is 537 g/mol. The largest absolute Gasteiger partial charge is 0.513 e. The van der Waals surface area contributed by atoms with Crippen LogP contribution in [0.4, 0.5) is 4.79 Å². The highest BCUT2D eigenvalue weighted by atomic mass is 35.5. The molecule has 0 aromatic heterocycles. The van der Waals surface area contributed by atoms with Gasteiger partial charge < -0.3 is 19.5 Å². The van der Waals surface area contributed by atoms with Crippen LogP contribution in [0.2, 0.25) is 5.02 Å². The molecule has 7 nitrogen and oxygen atoms in total. The van der Waals surface area contributed by atoms with Crippen molar-refractivity contribution in [2.45, 2.75) is 52.1 Å². The van der Waals surface area contributed by atoms with Gasteiger partial charge >= 0.3 is 12.1 Å². The van der Waals surface area contributed by atoms with Crippen molar-refractivity contribution in [2.24, 2.45) is 0 Å². The van der Waals surface area contributed by atoms with Gasteiger partial charge in [0.1, 0.15) is 5.75 Å². The van der Waals surface area contributed by atoms with Gasteiger partial charge in [0, 0.05) is 29.6 Å². The maximum absolute atomic E-state index is 13.4. The summed E-state index contributed by atoms with van der Waals surface area (Å²) in [5.41, 5.74) is 3.56. The first-order valence-electron chi connectivity index (χ1n) is 12.5. The minimum Gasteiger partial charge on any atom is -0.494 e. The third kappa shape index (κ3) is 8.92. The molecule has 0 saturated carbocycles. The highest BCUT2D eigenvalue weighted by Gasteiger charge is 2.19. The van der Waals surface area contributed by atoms with E-state index in [-0.39, 0.29) is 18.4 Å². The summed E-state index contributed by atoms with van der Waals surface area (Å²) < 4.78 is 9.92. The predicted molar refractivity (Wildman–Crippen MR) is 146 cm³/mol. The average molecular weight is 538 g/mol. The van der Waals surface area contributed by atoms with Gasteiger partial charge in [-0.3, -0.25) is 9.59 Å². The molecule has 3 aromatic rings. The van der Waals surface area contributed by atoms with Crippen LogP contribution in [0.3, 0.4) is 0 Å². The molecule has 0 aliphatic carbocycles. The number of carbonyl (C=O) groups is 3. The number of unbranched alkanes of at least 4 members (excludes halogenated alkanes) is 2. The van der Waals surface area contributed by atoms with Gasteiger partial charge in [0.2, 0.25) is 0 Å². The fourth-order valence-corrected chi connectivity index (χ4v) is 4.14. The van der Waals surface area contributed by atoms with Crippen molar-refractivity contribution < 1.29 is 29.0 Å². The molecule has 3 aromatic carbocycles. The van der Waals surface area contributed by atoms with Gasteiger partial charge in [0.15, 0.2) is 0 Å². The van der Waals surface area contributed by atoms with Crippen molar-refractivity contribution in [2.75, 3.05) is 6.61 Å². The lowest BCUT2D eigenvalue weighted by molar-refractivity contribution is -0.139. The summed E-state index contributed by atoms with van der Waals surface area (Å²) in [6.45, 7) is 4.88. The second-order valence-corrected chi connectivity index (χ2v) is 9.60. The van der Waals surface area contributed by atoms with Crippen LogP contribution in [0.5, 0.6) is 5.75 Å². The van der Waals surface area contributed by atoms with E-state index in [0.717, 1.165) is 16.7 Å². The van der Waals surface area contributed by atoms with E-state index in [4.69, 9.17) is 21.4 Å². The Balaban J connectivity index is 1.55. The SMILES string of the molecule is CC(C)N(Cc1cccc(OCCCCCC(=O)OC(=O)O)c1)C(=O)c1ccc(-c2cccc(Cl)c2)cc1. The minimum absolute atomic E-state index is 0.00695. The Hall–Kier alpha value is -3.84.